The lowest BCUT2D eigenvalue weighted by atomic mass is 9.98. The van der Waals surface area contributed by atoms with Crippen LogP contribution < -0.4 is 4.74 Å². The number of esters is 4. The fraction of sp³-hybridized carbons (Fsp3) is 0.480. The van der Waals surface area contributed by atoms with Gasteiger partial charge in [-0.05, 0) is 18.6 Å². The van der Waals surface area contributed by atoms with Crippen molar-refractivity contribution in [3.63, 3.8) is 0 Å². The smallest absolute Gasteiger partial charge is 0.303 e. The molecule has 1 aliphatic heterocycles. The Kier molecular flexibility index (Phi) is 11.2. The third kappa shape index (κ3) is 8.99. The Morgan fingerprint density at radius 1 is 0.919 bits per heavy atom. The van der Waals surface area contributed by atoms with Crippen molar-refractivity contribution in [1.82, 2.24) is 0 Å². The highest BCUT2D eigenvalue weighted by Crippen LogP contribution is 2.34. The van der Waals surface area contributed by atoms with Crippen molar-refractivity contribution in [2.75, 3.05) is 6.61 Å². The minimum atomic E-state index is -1.44. The summed E-state index contributed by atoms with van der Waals surface area (Å²) in [6.07, 6.45) is -4.44. The third-order valence-corrected chi connectivity index (χ3v) is 5.04. The van der Waals surface area contributed by atoms with Crippen LogP contribution in [-0.2, 0) is 47.7 Å². The van der Waals surface area contributed by atoms with E-state index in [9.17, 15) is 29.1 Å². The molecule has 1 fully saturated rings. The minimum absolute atomic E-state index is 0.0949. The number of aldehydes is 1. The number of allylic oxidation sites excluding steroid dienone is 1. The molecule has 6 atom stereocenters. The molecule has 1 aromatic rings. The number of ether oxygens (including phenoxy) is 6. The molecule has 0 spiro atoms. The van der Waals surface area contributed by atoms with E-state index in [-0.39, 0.29) is 12.2 Å². The number of rotatable bonds is 11. The normalized spacial score (nSPS) is 24.0. The van der Waals surface area contributed by atoms with Crippen molar-refractivity contribution < 1.29 is 57.5 Å². The molecule has 1 aliphatic rings. The van der Waals surface area contributed by atoms with Gasteiger partial charge >= 0.3 is 23.9 Å². The van der Waals surface area contributed by atoms with Crippen molar-refractivity contribution in [3.8, 4) is 5.75 Å². The predicted octanol–water partition coefficient (Wildman–Crippen LogP) is 1.33. The monoisotopic (exact) mass is 522 g/mol. The molecule has 1 aromatic carbocycles. The van der Waals surface area contributed by atoms with Gasteiger partial charge in [-0.3, -0.25) is 24.0 Å². The maximum Gasteiger partial charge on any atom is 0.303 e. The second-order valence-corrected chi connectivity index (χ2v) is 8.04. The zero-order valence-corrected chi connectivity index (χ0v) is 20.9. The van der Waals surface area contributed by atoms with Crippen molar-refractivity contribution in [2.45, 2.75) is 70.9 Å². The molecule has 0 radical (unpaired) electrons. The third-order valence-electron chi connectivity index (χ3n) is 5.04. The van der Waals surface area contributed by atoms with Crippen LogP contribution in [0.5, 0.6) is 5.75 Å². The van der Waals surface area contributed by atoms with Crippen LogP contribution in [0.15, 0.2) is 36.4 Å². The van der Waals surface area contributed by atoms with E-state index in [2.05, 4.69) is 0 Å². The van der Waals surface area contributed by atoms with Crippen LogP contribution in [0.4, 0.5) is 0 Å². The van der Waals surface area contributed by atoms with Gasteiger partial charge in [0.15, 0.2) is 12.2 Å². The molecule has 0 aromatic heterocycles. The average molecular weight is 523 g/mol. The van der Waals surface area contributed by atoms with Gasteiger partial charge in [0.05, 0.1) is 6.10 Å². The summed E-state index contributed by atoms with van der Waals surface area (Å²) in [6, 6.07) is 6.39. The molecule has 1 saturated heterocycles. The number of aliphatic hydroxyl groups excluding tert-OH is 1. The maximum absolute atomic E-state index is 12.0. The Bertz CT molecular complexity index is 1000. The molecular formula is C25H30O12. The molecule has 12 heteroatoms. The number of benzene rings is 1. The lowest BCUT2D eigenvalue weighted by Crippen LogP contribution is -2.63. The van der Waals surface area contributed by atoms with E-state index in [0.717, 1.165) is 20.8 Å². The Labute approximate surface area is 213 Å². The molecule has 12 nitrogen and oxygen atoms in total. The van der Waals surface area contributed by atoms with E-state index in [0.29, 0.717) is 11.8 Å². The zero-order valence-electron chi connectivity index (χ0n) is 20.9. The van der Waals surface area contributed by atoms with Gasteiger partial charge in [-0.15, -0.1) is 0 Å². The van der Waals surface area contributed by atoms with Gasteiger partial charge < -0.3 is 33.5 Å². The number of para-hydroxylation sites is 1. The van der Waals surface area contributed by atoms with E-state index in [1.807, 2.05) is 0 Å². The Morgan fingerprint density at radius 2 is 1.51 bits per heavy atom. The first-order chi connectivity index (χ1) is 17.5. The summed E-state index contributed by atoms with van der Waals surface area (Å²) < 4.78 is 33.1. The molecular weight excluding hydrogens is 492 g/mol. The first-order valence-electron chi connectivity index (χ1n) is 11.4. The number of hydrogen-bond donors (Lipinski definition) is 1. The van der Waals surface area contributed by atoms with Crippen LogP contribution in [0.25, 0.3) is 0 Å². The van der Waals surface area contributed by atoms with Gasteiger partial charge in [-0.2, -0.15) is 0 Å². The van der Waals surface area contributed by atoms with E-state index in [1.165, 1.54) is 25.1 Å². The summed E-state index contributed by atoms with van der Waals surface area (Å²) in [6.45, 7) is 4.11. The molecule has 1 N–H and O–H groups in total. The Balaban J connectivity index is 2.49. The summed E-state index contributed by atoms with van der Waals surface area (Å²) in [7, 11) is 0. The van der Waals surface area contributed by atoms with Gasteiger partial charge in [-0.25, -0.2) is 0 Å². The van der Waals surface area contributed by atoms with E-state index in [1.54, 1.807) is 18.2 Å². The van der Waals surface area contributed by atoms with Crippen molar-refractivity contribution in [2.24, 2.45) is 0 Å². The summed E-state index contributed by atoms with van der Waals surface area (Å²) >= 11 is 0. The largest absolute Gasteiger partial charge is 0.463 e. The summed E-state index contributed by atoms with van der Waals surface area (Å²) in [5, 5.41) is 10.6. The lowest BCUT2D eigenvalue weighted by molar-refractivity contribution is -0.288. The number of aliphatic hydroxyl groups is 1. The topological polar surface area (TPSA) is 161 Å². The molecule has 6 unspecified atom stereocenters. The van der Waals surface area contributed by atoms with Gasteiger partial charge in [0.2, 0.25) is 12.4 Å². The van der Waals surface area contributed by atoms with Crippen LogP contribution in [0, 0.1) is 0 Å². The van der Waals surface area contributed by atoms with E-state index >= 15 is 0 Å². The van der Waals surface area contributed by atoms with Crippen LogP contribution in [0.2, 0.25) is 0 Å². The van der Waals surface area contributed by atoms with Gasteiger partial charge in [0, 0.05) is 33.3 Å². The molecule has 202 valence electrons. The quantitative estimate of drug-likeness (QED) is 0.192. The number of carbonyl (C=O) groups excluding carboxylic acids is 5. The predicted molar refractivity (Wildman–Crippen MR) is 124 cm³/mol. The standard InChI is InChI=1S/C25H30O12/c1-14(27)32-13-21-22(33-15(2)28)23(34-16(3)29)24(35-17(4)30)25(37-21)36-20-11-6-5-9-18(20)19(31)10-7-8-12-26/h5-9,11-12,19,21-25,31H,10,13H2,1-4H3/b8-7+. The highest BCUT2D eigenvalue weighted by molar-refractivity contribution is 5.68. The molecule has 0 amide bonds. The van der Waals surface area contributed by atoms with Crippen molar-refractivity contribution in [3.05, 3.63) is 42.0 Å². The first kappa shape index (κ1) is 29.5. The lowest BCUT2D eigenvalue weighted by Gasteiger charge is -2.44. The molecule has 37 heavy (non-hydrogen) atoms. The van der Waals surface area contributed by atoms with Gasteiger partial charge in [-0.1, -0.05) is 24.3 Å². The van der Waals surface area contributed by atoms with Crippen LogP contribution >= 0.6 is 0 Å². The zero-order chi connectivity index (χ0) is 27.5. The fourth-order valence-electron chi connectivity index (χ4n) is 3.66. The first-order valence-corrected chi connectivity index (χ1v) is 11.4. The second kappa shape index (κ2) is 14.1. The summed E-state index contributed by atoms with van der Waals surface area (Å²) in [5.41, 5.74) is 0.325. The highest BCUT2D eigenvalue weighted by Gasteiger charge is 2.53. The Hall–Kier alpha value is -3.77. The number of hydrogen-bond acceptors (Lipinski definition) is 12. The number of carbonyl (C=O) groups is 5. The highest BCUT2D eigenvalue weighted by atomic mass is 16.7. The van der Waals surface area contributed by atoms with Gasteiger partial charge in [0.25, 0.3) is 0 Å². The molecule has 0 saturated carbocycles. The average Bonchev–Trinajstić information content (AvgIpc) is 2.81. The van der Waals surface area contributed by atoms with E-state index in [4.69, 9.17) is 28.4 Å². The van der Waals surface area contributed by atoms with Crippen LogP contribution in [-0.4, -0.2) is 72.6 Å². The SMILES string of the molecule is CC(=O)OCC1OC(Oc2ccccc2C(O)C/C=C/C=O)C(OC(C)=O)C(OC(C)=O)C1OC(C)=O. The maximum atomic E-state index is 12.0. The second-order valence-electron chi connectivity index (χ2n) is 8.04. The fourth-order valence-corrected chi connectivity index (χ4v) is 3.66. The molecule has 0 aliphatic carbocycles. The van der Waals surface area contributed by atoms with Gasteiger partial charge in [0.1, 0.15) is 24.7 Å². The summed E-state index contributed by atoms with van der Waals surface area (Å²) in [4.78, 5) is 57.8. The van der Waals surface area contributed by atoms with E-state index < -0.39 is 67.3 Å². The Morgan fingerprint density at radius 3 is 2.11 bits per heavy atom. The van der Waals surface area contributed by atoms with Crippen LogP contribution in [0.3, 0.4) is 0 Å². The molecule has 2 rings (SSSR count). The minimum Gasteiger partial charge on any atom is -0.463 e. The van der Waals surface area contributed by atoms with Crippen LogP contribution in [0.1, 0.15) is 45.8 Å². The molecule has 0 bridgehead atoms. The summed E-state index contributed by atoms with van der Waals surface area (Å²) in [5.74, 6) is -2.81. The van der Waals surface area contributed by atoms with Crippen molar-refractivity contribution in [1.29, 1.82) is 0 Å². The van der Waals surface area contributed by atoms with Crippen molar-refractivity contribution >= 4 is 30.2 Å². The molecule has 1 heterocycles.